The molecule has 0 unspecified atom stereocenters. The second kappa shape index (κ2) is 7.04. The zero-order valence-electron chi connectivity index (χ0n) is 14.5. The van der Waals surface area contributed by atoms with Gasteiger partial charge in [0.15, 0.2) is 0 Å². The molecule has 138 valence electrons. The van der Waals surface area contributed by atoms with E-state index in [1.54, 1.807) is 24.3 Å². The van der Waals surface area contributed by atoms with Crippen molar-refractivity contribution in [1.82, 2.24) is 5.32 Å². The molecule has 0 saturated heterocycles. The van der Waals surface area contributed by atoms with Gasteiger partial charge in [-0.05, 0) is 47.7 Å². The first-order valence-corrected chi connectivity index (χ1v) is 9.19. The van der Waals surface area contributed by atoms with Crippen molar-refractivity contribution < 1.29 is 14.4 Å². The Labute approximate surface area is 161 Å². The van der Waals surface area contributed by atoms with Gasteiger partial charge in [-0.15, -0.1) is 0 Å². The first-order chi connectivity index (χ1) is 13.0. The largest absolute Gasteiger partial charge is 0.344 e. The molecule has 2 aliphatic rings. The zero-order valence-corrected chi connectivity index (χ0v) is 15.3. The maximum Gasteiger partial charge on any atom is 0.313 e. The summed E-state index contributed by atoms with van der Waals surface area (Å²) in [5, 5.41) is 5.74. The molecule has 0 radical (unpaired) electrons. The molecule has 2 aromatic carbocycles. The van der Waals surface area contributed by atoms with Crippen LogP contribution in [0, 0.1) is 0 Å². The predicted octanol–water partition coefficient (Wildman–Crippen LogP) is 2.43. The van der Waals surface area contributed by atoms with Crippen LogP contribution >= 0.6 is 11.6 Å². The molecule has 2 N–H and O–H groups in total. The van der Waals surface area contributed by atoms with E-state index >= 15 is 0 Å². The molecule has 0 spiro atoms. The minimum atomic E-state index is -0.744. The highest BCUT2D eigenvalue weighted by molar-refractivity contribution is 6.39. The molecule has 2 aromatic rings. The molecule has 6 nitrogen and oxygen atoms in total. The summed E-state index contributed by atoms with van der Waals surface area (Å²) >= 11 is 6.05. The molecule has 4 rings (SSSR count). The highest BCUT2D eigenvalue weighted by Crippen LogP contribution is 2.38. The van der Waals surface area contributed by atoms with Gasteiger partial charge in [-0.2, -0.15) is 0 Å². The lowest BCUT2D eigenvalue weighted by molar-refractivity contribution is -0.136. The zero-order chi connectivity index (χ0) is 19.0. The summed E-state index contributed by atoms with van der Waals surface area (Å²) in [4.78, 5) is 38.3. The van der Waals surface area contributed by atoms with Crippen LogP contribution in [0.15, 0.2) is 36.4 Å². The van der Waals surface area contributed by atoms with Gasteiger partial charge in [0, 0.05) is 23.8 Å². The Morgan fingerprint density at radius 1 is 1.11 bits per heavy atom. The minimum Gasteiger partial charge on any atom is -0.344 e. The van der Waals surface area contributed by atoms with E-state index in [9.17, 15) is 14.4 Å². The number of carbonyl (C=O) groups is 3. The molecule has 0 aliphatic carbocycles. The lowest BCUT2D eigenvalue weighted by Gasteiger charge is -2.26. The topological polar surface area (TPSA) is 78.5 Å². The average Bonchev–Trinajstić information content (AvgIpc) is 2.98. The number of benzene rings is 2. The Morgan fingerprint density at radius 3 is 2.70 bits per heavy atom. The quantitative estimate of drug-likeness (QED) is 0.799. The van der Waals surface area contributed by atoms with Gasteiger partial charge >= 0.3 is 11.8 Å². The molecule has 0 saturated carbocycles. The highest BCUT2D eigenvalue weighted by Gasteiger charge is 2.32. The Hall–Kier alpha value is -2.86. The molecule has 2 aliphatic heterocycles. The van der Waals surface area contributed by atoms with Gasteiger partial charge in [0.25, 0.3) is 0 Å². The first kappa shape index (κ1) is 17.5. The summed E-state index contributed by atoms with van der Waals surface area (Å²) in [5.41, 5.74) is 4.20. The first-order valence-electron chi connectivity index (χ1n) is 8.81. The number of hydrogen-bond donors (Lipinski definition) is 2. The van der Waals surface area contributed by atoms with Crippen LogP contribution in [0.3, 0.4) is 0 Å². The third kappa shape index (κ3) is 3.40. The maximum absolute atomic E-state index is 12.2. The van der Waals surface area contributed by atoms with Crippen molar-refractivity contribution in [3.63, 3.8) is 0 Å². The van der Waals surface area contributed by atoms with Crippen molar-refractivity contribution in [2.45, 2.75) is 25.8 Å². The summed E-state index contributed by atoms with van der Waals surface area (Å²) in [6.45, 7) is 0.916. The molecule has 0 atom stereocenters. The van der Waals surface area contributed by atoms with E-state index in [-0.39, 0.29) is 12.5 Å². The van der Waals surface area contributed by atoms with Crippen LogP contribution in [0.25, 0.3) is 0 Å². The van der Waals surface area contributed by atoms with Gasteiger partial charge in [0.1, 0.15) is 0 Å². The molecule has 0 fully saturated rings. The molecule has 2 heterocycles. The second-order valence-electron chi connectivity index (χ2n) is 6.70. The maximum atomic E-state index is 12.2. The second-order valence-corrected chi connectivity index (χ2v) is 7.10. The molecular weight excluding hydrogens is 366 g/mol. The Bertz CT molecular complexity index is 957. The van der Waals surface area contributed by atoms with Gasteiger partial charge in [-0.25, -0.2) is 0 Å². The van der Waals surface area contributed by atoms with Crippen LogP contribution in [0.4, 0.5) is 11.4 Å². The molecule has 0 bridgehead atoms. The fourth-order valence-electron chi connectivity index (χ4n) is 3.64. The average molecular weight is 384 g/mol. The number of amides is 3. The molecular formula is C20H18ClN3O3. The lowest BCUT2D eigenvalue weighted by atomic mass is 9.99. The number of halogens is 1. The molecule has 7 heteroatoms. The Morgan fingerprint density at radius 2 is 1.89 bits per heavy atom. The fraction of sp³-hybridized carbons (Fsp3) is 0.250. The number of carbonyl (C=O) groups excluding carboxylic acids is 3. The fourth-order valence-corrected chi connectivity index (χ4v) is 3.84. The van der Waals surface area contributed by atoms with Gasteiger partial charge in [-0.3, -0.25) is 14.4 Å². The highest BCUT2D eigenvalue weighted by atomic mass is 35.5. The normalized spacial score (nSPS) is 14.7. The van der Waals surface area contributed by atoms with Gasteiger partial charge in [0.05, 0.1) is 12.1 Å². The summed E-state index contributed by atoms with van der Waals surface area (Å²) in [5.74, 6) is -1.39. The lowest BCUT2D eigenvalue weighted by Crippen LogP contribution is -2.35. The van der Waals surface area contributed by atoms with Crippen molar-refractivity contribution >= 4 is 40.7 Å². The number of anilines is 2. The molecule has 0 aromatic heterocycles. The molecule has 27 heavy (non-hydrogen) atoms. The van der Waals surface area contributed by atoms with Gasteiger partial charge < -0.3 is 15.5 Å². The van der Waals surface area contributed by atoms with E-state index in [0.717, 1.165) is 41.8 Å². The predicted molar refractivity (Wildman–Crippen MR) is 103 cm³/mol. The van der Waals surface area contributed by atoms with Crippen LogP contribution in [0.5, 0.6) is 0 Å². The van der Waals surface area contributed by atoms with E-state index in [2.05, 4.69) is 10.6 Å². The van der Waals surface area contributed by atoms with Crippen molar-refractivity contribution in [3.05, 3.63) is 58.1 Å². The number of nitrogens with zero attached hydrogens (tertiary/aromatic N) is 1. The van der Waals surface area contributed by atoms with Crippen molar-refractivity contribution in [1.29, 1.82) is 0 Å². The summed E-state index contributed by atoms with van der Waals surface area (Å²) in [7, 11) is 0. The van der Waals surface area contributed by atoms with E-state index in [0.29, 0.717) is 17.1 Å². The van der Waals surface area contributed by atoms with Crippen LogP contribution in [0.2, 0.25) is 5.02 Å². The monoisotopic (exact) mass is 383 g/mol. The SMILES string of the molecule is O=C(NCc1ccccc1Cl)C(=O)Nc1cc2c3c(c1)CC(=O)N3CCC2. The third-order valence-corrected chi connectivity index (χ3v) is 5.24. The van der Waals surface area contributed by atoms with E-state index < -0.39 is 11.8 Å². The van der Waals surface area contributed by atoms with Crippen molar-refractivity contribution in [3.8, 4) is 0 Å². The third-order valence-electron chi connectivity index (χ3n) is 4.87. The summed E-state index contributed by atoms with van der Waals surface area (Å²) in [6, 6.07) is 10.8. The van der Waals surface area contributed by atoms with Crippen LogP contribution in [-0.2, 0) is 33.8 Å². The van der Waals surface area contributed by atoms with Gasteiger partial charge in [0.2, 0.25) is 5.91 Å². The van der Waals surface area contributed by atoms with Crippen LogP contribution < -0.4 is 15.5 Å². The van der Waals surface area contributed by atoms with Crippen molar-refractivity contribution in [2.24, 2.45) is 0 Å². The number of aryl methyl sites for hydroxylation is 1. The standard InChI is InChI=1S/C20H18ClN3O3/c21-16-6-2-1-4-13(16)11-22-19(26)20(27)23-15-8-12-5-3-7-24-17(25)10-14(9-15)18(12)24/h1-2,4,6,8-9H,3,5,7,10-11H2,(H,22,26)(H,23,27). The summed E-state index contributed by atoms with van der Waals surface area (Å²) < 4.78 is 0. The Kier molecular flexibility index (Phi) is 4.58. The van der Waals surface area contributed by atoms with Gasteiger partial charge in [-0.1, -0.05) is 29.8 Å². The van der Waals surface area contributed by atoms with E-state index in [1.807, 2.05) is 17.0 Å². The number of hydrogen-bond acceptors (Lipinski definition) is 3. The number of rotatable bonds is 3. The van der Waals surface area contributed by atoms with E-state index in [4.69, 9.17) is 11.6 Å². The van der Waals surface area contributed by atoms with Crippen LogP contribution in [0.1, 0.15) is 23.1 Å². The van der Waals surface area contributed by atoms with Crippen LogP contribution in [-0.4, -0.2) is 24.3 Å². The summed E-state index contributed by atoms with van der Waals surface area (Å²) in [6.07, 6.45) is 2.09. The smallest absolute Gasteiger partial charge is 0.313 e. The van der Waals surface area contributed by atoms with E-state index in [1.165, 1.54) is 0 Å². The van der Waals surface area contributed by atoms with Crippen molar-refractivity contribution in [2.75, 3.05) is 16.8 Å². The Balaban J connectivity index is 1.44. The number of nitrogens with one attached hydrogen (secondary N) is 2. The minimum absolute atomic E-state index is 0.0897. The molecule has 3 amide bonds.